The third kappa shape index (κ3) is 12.9. The maximum absolute atomic E-state index is 14.3. The molecule has 0 saturated carbocycles. The minimum absolute atomic E-state index is 0.0376. The number of likely N-dealkylation sites (N-methyl/N-ethyl adjacent to an activating group) is 1. The van der Waals surface area contributed by atoms with E-state index in [0.29, 0.717) is 91.6 Å². The molecule has 480 valence electrons. The second kappa shape index (κ2) is 27.4. The molecular formula is C65H59Cl6F3N10O8. The lowest BCUT2D eigenvalue weighted by atomic mass is 9.97. The van der Waals surface area contributed by atoms with Crippen LogP contribution >= 0.6 is 69.6 Å². The summed E-state index contributed by atoms with van der Waals surface area (Å²) in [5.41, 5.74) is 26.2. The fourth-order valence-electron chi connectivity index (χ4n) is 11.6. The molecule has 2 amide bonds. The van der Waals surface area contributed by atoms with Crippen molar-refractivity contribution in [3.05, 3.63) is 173 Å². The van der Waals surface area contributed by atoms with Crippen LogP contribution in [-0.2, 0) is 9.59 Å². The Morgan fingerprint density at radius 1 is 0.543 bits per heavy atom. The monoisotopic (exact) mass is 1370 g/mol. The molecule has 3 atom stereocenters. The van der Waals surface area contributed by atoms with Crippen LogP contribution in [0, 0.1) is 17.5 Å². The van der Waals surface area contributed by atoms with E-state index in [2.05, 4.69) is 36.9 Å². The third-order valence-corrected chi connectivity index (χ3v) is 18.5. The largest absolute Gasteiger partial charge is 0.478 e. The number of furan rings is 3. The summed E-state index contributed by atoms with van der Waals surface area (Å²) in [7, 11) is 3.51. The Labute approximate surface area is 555 Å². The van der Waals surface area contributed by atoms with Crippen LogP contribution in [-0.4, -0.2) is 106 Å². The highest BCUT2D eigenvalue weighted by atomic mass is 35.5. The van der Waals surface area contributed by atoms with E-state index in [1.165, 1.54) is 36.4 Å². The van der Waals surface area contributed by atoms with E-state index in [9.17, 15) is 22.8 Å². The van der Waals surface area contributed by atoms with Crippen molar-refractivity contribution in [2.75, 3.05) is 70.6 Å². The molecule has 6 N–H and O–H groups in total. The number of hydrogen-bond acceptors (Lipinski definition) is 16. The Balaban J connectivity index is 0.000000241. The lowest BCUT2D eigenvalue weighted by molar-refractivity contribution is -0.141. The summed E-state index contributed by atoms with van der Waals surface area (Å²) in [5, 5.41) is 2.48. The van der Waals surface area contributed by atoms with Crippen molar-refractivity contribution in [2.45, 2.75) is 64.5 Å². The first-order valence-electron chi connectivity index (χ1n) is 28.9. The summed E-state index contributed by atoms with van der Waals surface area (Å²) in [6.45, 7) is 8.37. The minimum atomic E-state index is -0.782. The SMILES string of the molecule is C[C@@H](Oc1c(N)ncc2c(C3=CCN(C(C(=O)N(C)C)N4CC=C(c5coc6c(O[C@H](C)c7c(Cl)ccc(F)c7Cl)c(N)ncc56)CC4)CC3)coc12)c1c(Cl)ccc(F)c1Cl.C[C@@H](Oc1c(N)ncc2c(C3=CCN(C=O)CC3)coc12)c1c(Cl)ccc(F)c1Cl. The molecule has 3 aliphatic heterocycles. The van der Waals surface area contributed by atoms with Gasteiger partial charge in [-0.1, -0.05) is 87.8 Å². The normalized spacial score (nSPS) is 15.8. The predicted molar refractivity (Wildman–Crippen MR) is 353 cm³/mol. The summed E-state index contributed by atoms with van der Waals surface area (Å²) in [5.74, 6) is -0.962. The van der Waals surface area contributed by atoms with Gasteiger partial charge < -0.3 is 54.5 Å². The molecule has 0 saturated heterocycles. The Bertz CT molecular complexity index is 4290. The average molecular weight is 1380 g/mol. The molecule has 6 aromatic heterocycles. The molecule has 18 nitrogen and oxygen atoms in total. The predicted octanol–water partition coefficient (Wildman–Crippen LogP) is 15.8. The van der Waals surface area contributed by atoms with Gasteiger partial charge in [0.15, 0.2) is 34.2 Å². The smallest absolute Gasteiger partial charge is 0.254 e. The van der Waals surface area contributed by atoms with Crippen LogP contribution in [0.15, 0.2) is 105 Å². The molecule has 92 heavy (non-hydrogen) atoms. The van der Waals surface area contributed by atoms with E-state index >= 15 is 0 Å². The van der Waals surface area contributed by atoms with Gasteiger partial charge in [-0.05, 0) is 93.2 Å². The van der Waals surface area contributed by atoms with Gasteiger partial charge in [0.25, 0.3) is 5.91 Å². The number of pyridine rings is 3. The van der Waals surface area contributed by atoms with E-state index < -0.39 is 41.9 Å². The maximum atomic E-state index is 14.3. The molecule has 0 radical (unpaired) electrons. The summed E-state index contributed by atoms with van der Waals surface area (Å²) in [6.07, 6.45) is 15.9. The molecule has 0 fully saturated rings. The lowest BCUT2D eigenvalue weighted by Crippen LogP contribution is -2.58. The summed E-state index contributed by atoms with van der Waals surface area (Å²) in [6, 6.07) is 7.83. The minimum Gasteiger partial charge on any atom is -0.478 e. The number of carbonyl (C=O) groups is 2. The van der Waals surface area contributed by atoms with E-state index in [1.807, 2.05) is 6.08 Å². The second-order valence-electron chi connectivity index (χ2n) is 22.3. The van der Waals surface area contributed by atoms with E-state index in [0.717, 1.165) is 45.2 Å². The van der Waals surface area contributed by atoms with Crippen LogP contribution < -0.4 is 31.4 Å². The van der Waals surface area contributed by atoms with E-state index in [4.69, 9.17) is 114 Å². The third-order valence-electron chi connectivity index (χ3n) is 16.4. The van der Waals surface area contributed by atoms with Crippen LogP contribution in [0.3, 0.4) is 0 Å². The number of carbonyl (C=O) groups excluding carboxylic acids is 2. The quantitative estimate of drug-likeness (QED) is 0.0603. The molecule has 3 aliphatic rings. The zero-order chi connectivity index (χ0) is 65.6. The number of ether oxygens (including phenoxy) is 3. The van der Waals surface area contributed by atoms with Crippen molar-refractivity contribution in [3.8, 4) is 17.2 Å². The zero-order valence-corrected chi connectivity index (χ0v) is 54.5. The van der Waals surface area contributed by atoms with Gasteiger partial charge in [0, 0.05) is 120 Å². The van der Waals surface area contributed by atoms with Crippen LogP contribution in [0.2, 0.25) is 30.1 Å². The number of aromatic nitrogens is 3. The fraction of sp³-hybridized carbons (Fsp3) is 0.277. The van der Waals surface area contributed by atoms with Crippen molar-refractivity contribution in [1.29, 1.82) is 0 Å². The zero-order valence-electron chi connectivity index (χ0n) is 49.9. The van der Waals surface area contributed by atoms with Gasteiger partial charge in [-0.25, -0.2) is 28.1 Å². The van der Waals surface area contributed by atoms with E-state index in [1.54, 1.807) is 82.0 Å². The first kappa shape index (κ1) is 65.6. The number of hydrogen-bond donors (Lipinski definition) is 3. The van der Waals surface area contributed by atoms with E-state index in [-0.39, 0.29) is 81.9 Å². The topological polar surface area (TPSA) is 231 Å². The van der Waals surface area contributed by atoms with Crippen molar-refractivity contribution in [3.63, 3.8) is 0 Å². The van der Waals surface area contributed by atoms with Crippen LogP contribution in [0.4, 0.5) is 30.6 Å². The molecule has 27 heteroatoms. The molecule has 0 bridgehead atoms. The van der Waals surface area contributed by atoms with Gasteiger partial charge in [0.2, 0.25) is 23.7 Å². The number of anilines is 3. The number of rotatable bonds is 16. The molecule has 3 aromatic carbocycles. The molecule has 0 spiro atoms. The molecule has 12 rings (SSSR count). The highest BCUT2D eigenvalue weighted by Gasteiger charge is 2.36. The summed E-state index contributed by atoms with van der Waals surface area (Å²) in [4.78, 5) is 45.4. The Morgan fingerprint density at radius 2 is 0.870 bits per heavy atom. The van der Waals surface area contributed by atoms with Gasteiger partial charge in [0.1, 0.15) is 41.9 Å². The van der Waals surface area contributed by atoms with Crippen LogP contribution in [0.1, 0.15) is 91.7 Å². The van der Waals surface area contributed by atoms with Gasteiger partial charge in [-0.3, -0.25) is 19.4 Å². The number of amides is 2. The van der Waals surface area contributed by atoms with Gasteiger partial charge in [-0.2, -0.15) is 0 Å². The highest BCUT2D eigenvalue weighted by molar-refractivity contribution is 6.37. The summed E-state index contributed by atoms with van der Waals surface area (Å²) >= 11 is 37.6. The van der Waals surface area contributed by atoms with Crippen molar-refractivity contribution < 1.29 is 50.2 Å². The van der Waals surface area contributed by atoms with Crippen molar-refractivity contribution in [2.24, 2.45) is 0 Å². The van der Waals surface area contributed by atoms with Crippen LogP contribution in [0.25, 0.3) is 49.6 Å². The first-order valence-corrected chi connectivity index (χ1v) is 31.2. The molecule has 9 aromatic rings. The number of fused-ring (bicyclic) bond motifs is 3. The number of nitrogens with two attached hydrogens (primary N) is 3. The lowest BCUT2D eigenvalue weighted by Gasteiger charge is -2.42. The summed E-state index contributed by atoms with van der Waals surface area (Å²) < 4.78 is 78.8. The molecule has 0 unspecified atom stereocenters. The standard InChI is InChI=1S/C44H41Cl4F2N7O5.C21H18Cl2FN3O3/c1-21(33-29(45)5-7-31(49)35(33)47)61-39-37-25(17-53-41(39)51)27(19-59-37)23-9-13-56(14-10-23)43(44(58)55(3)4)57-15-11-24(12-16-57)28-20-60-38-26(28)18-54-42(52)40(38)62-22(2)34-30(46)6-8-32(50)36(34)48;1-11(17-15(22)2-3-16(24)18(17)23)30-20-19-13(8-26-21(20)25)14(9-29-19)12-4-6-27(10-28)7-5-12/h5-9,11,17-22,43H,10,12-16H2,1-4H3,(H2,51,53)(H2,52,54);2-4,8-11H,5-7H2,1H3,(H2,25,26)/t21-,22-;11-/m11/s1. The first-order chi connectivity index (χ1) is 44.0. The molecule has 9 heterocycles. The molecule has 0 aliphatic carbocycles. The maximum Gasteiger partial charge on any atom is 0.254 e. The number of nitrogen functional groups attached to an aromatic ring is 3. The van der Waals surface area contributed by atoms with Gasteiger partial charge >= 0.3 is 0 Å². The Kier molecular flexibility index (Phi) is 19.5. The van der Waals surface area contributed by atoms with Crippen LogP contribution in [0.5, 0.6) is 17.2 Å². The number of nitrogens with zero attached hydrogens (tertiary/aromatic N) is 7. The second-order valence-corrected chi connectivity index (χ2v) is 24.6. The Morgan fingerprint density at radius 3 is 1.15 bits per heavy atom. The Hall–Kier alpha value is -7.86. The number of halogens is 9. The number of benzene rings is 3. The van der Waals surface area contributed by atoms with Crippen molar-refractivity contribution in [1.82, 2.24) is 34.6 Å². The average Bonchev–Trinajstić information content (AvgIpc) is 1.59. The van der Waals surface area contributed by atoms with Crippen molar-refractivity contribution >= 4 is 149 Å². The van der Waals surface area contributed by atoms with Gasteiger partial charge in [0.05, 0.1) is 50.0 Å². The fourth-order valence-corrected chi connectivity index (χ4v) is 13.6. The highest BCUT2D eigenvalue weighted by Crippen LogP contribution is 2.46. The molecular weight excluding hydrogens is 1320 g/mol. The van der Waals surface area contributed by atoms with Gasteiger partial charge in [-0.15, -0.1) is 0 Å².